The van der Waals surface area contributed by atoms with Crippen LogP contribution >= 0.6 is 22.6 Å². The molecule has 26 heavy (non-hydrogen) atoms. The molecule has 4 saturated carbocycles. The first-order valence-electron chi connectivity index (χ1n) is 9.81. The minimum absolute atomic E-state index is 0.529. The standard InChI is InChI=1S/C21H23IN4/c22-19-11-23-20-6-17(1-2-26(19)20)18-10-24-25(12-18)13-21-7-14-3-15(8-21)5-16(4-14)9-21/h1-2,6,10-12,14-16H,3-5,7-9,13H2. The highest BCUT2D eigenvalue weighted by Gasteiger charge is 2.50. The smallest absolute Gasteiger partial charge is 0.138 e. The Kier molecular flexibility index (Phi) is 3.35. The second kappa shape index (κ2) is 5.57. The van der Waals surface area contributed by atoms with E-state index in [1.54, 1.807) is 0 Å². The van der Waals surface area contributed by atoms with Gasteiger partial charge in [0.15, 0.2) is 0 Å². The Morgan fingerprint density at radius 3 is 2.50 bits per heavy atom. The van der Waals surface area contributed by atoms with Crippen molar-refractivity contribution < 1.29 is 0 Å². The van der Waals surface area contributed by atoms with Crippen LogP contribution in [0.3, 0.4) is 0 Å². The van der Waals surface area contributed by atoms with Crippen LogP contribution in [0.25, 0.3) is 16.8 Å². The number of aromatic nitrogens is 4. The molecule has 0 amide bonds. The molecule has 3 aromatic heterocycles. The zero-order valence-corrected chi connectivity index (χ0v) is 17.0. The quantitative estimate of drug-likeness (QED) is 0.517. The Morgan fingerprint density at radius 1 is 1.04 bits per heavy atom. The first-order chi connectivity index (χ1) is 12.7. The summed E-state index contributed by atoms with van der Waals surface area (Å²) in [6, 6.07) is 4.33. The van der Waals surface area contributed by atoms with Gasteiger partial charge < -0.3 is 0 Å². The van der Waals surface area contributed by atoms with Gasteiger partial charge in [-0.2, -0.15) is 5.10 Å². The van der Waals surface area contributed by atoms with Gasteiger partial charge in [0, 0.05) is 24.5 Å². The molecule has 0 saturated heterocycles. The van der Waals surface area contributed by atoms with E-state index in [-0.39, 0.29) is 0 Å². The molecule has 3 aromatic rings. The van der Waals surface area contributed by atoms with E-state index in [9.17, 15) is 0 Å². The zero-order valence-electron chi connectivity index (χ0n) is 14.8. The summed E-state index contributed by atoms with van der Waals surface area (Å²) in [5.41, 5.74) is 3.94. The largest absolute Gasteiger partial charge is 0.295 e. The number of imidazole rings is 1. The maximum absolute atomic E-state index is 4.74. The second-order valence-electron chi connectivity index (χ2n) is 9.07. The Hall–Kier alpha value is -1.37. The molecule has 0 radical (unpaired) electrons. The molecule has 0 atom stereocenters. The maximum Gasteiger partial charge on any atom is 0.138 e. The summed E-state index contributed by atoms with van der Waals surface area (Å²) in [7, 11) is 0. The van der Waals surface area contributed by atoms with E-state index in [1.807, 2.05) is 12.4 Å². The molecular weight excluding hydrogens is 435 g/mol. The summed E-state index contributed by atoms with van der Waals surface area (Å²) in [5, 5.41) is 4.74. The summed E-state index contributed by atoms with van der Waals surface area (Å²) in [4.78, 5) is 4.49. The lowest BCUT2D eigenvalue weighted by molar-refractivity contribution is -0.0635. The van der Waals surface area contributed by atoms with Gasteiger partial charge in [-0.05, 0) is 102 Å². The molecule has 5 heteroatoms. The van der Waals surface area contributed by atoms with Crippen molar-refractivity contribution in [1.82, 2.24) is 19.2 Å². The summed E-state index contributed by atoms with van der Waals surface area (Å²) >= 11 is 2.32. The van der Waals surface area contributed by atoms with Crippen molar-refractivity contribution >= 4 is 28.2 Å². The number of hydrogen-bond acceptors (Lipinski definition) is 2. The van der Waals surface area contributed by atoms with Crippen LogP contribution in [0, 0.1) is 26.9 Å². The highest BCUT2D eigenvalue weighted by molar-refractivity contribution is 14.1. The Bertz CT molecular complexity index is 950. The first kappa shape index (κ1) is 15.7. The van der Waals surface area contributed by atoms with E-state index in [0.717, 1.165) is 33.6 Å². The number of nitrogens with zero attached hydrogens (tertiary/aromatic N) is 4. The van der Waals surface area contributed by atoms with Crippen molar-refractivity contribution in [2.24, 2.45) is 23.2 Å². The third-order valence-corrected chi connectivity index (χ3v) is 7.90. The third kappa shape index (κ3) is 2.46. The van der Waals surface area contributed by atoms with Gasteiger partial charge in [-0.25, -0.2) is 4.98 Å². The maximum atomic E-state index is 4.74. The van der Waals surface area contributed by atoms with Gasteiger partial charge in [0.05, 0.1) is 12.4 Å². The third-order valence-electron chi connectivity index (χ3n) is 7.10. The Balaban J connectivity index is 1.28. The molecule has 134 valence electrons. The van der Waals surface area contributed by atoms with Gasteiger partial charge in [0.25, 0.3) is 0 Å². The molecule has 0 spiro atoms. The van der Waals surface area contributed by atoms with Crippen LogP contribution in [0.4, 0.5) is 0 Å². The van der Waals surface area contributed by atoms with Gasteiger partial charge in [-0.15, -0.1) is 0 Å². The molecule has 0 unspecified atom stereocenters. The highest BCUT2D eigenvalue weighted by atomic mass is 127. The lowest BCUT2D eigenvalue weighted by atomic mass is 9.49. The van der Waals surface area contributed by atoms with Gasteiger partial charge in [0.1, 0.15) is 9.35 Å². The second-order valence-corrected chi connectivity index (χ2v) is 10.2. The summed E-state index contributed by atoms with van der Waals surface area (Å²) in [6.45, 7) is 1.11. The van der Waals surface area contributed by atoms with Crippen LogP contribution in [0.2, 0.25) is 0 Å². The average molecular weight is 458 g/mol. The SMILES string of the molecule is Ic1cnc2cc(-c3cnn(CC45CC6CC(CC(C6)C4)C5)c3)ccn12. The molecule has 0 aromatic carbocycles. The number of hydrogen-bond donors (Lipinski definition) is 0. The van der Waals surface area contributed by atoms with E-state index in [0.29, 0.717) is 5.41 Å². The predicted molar refractivity (Wildman–Crippen MR) is 110 cm³/mol. The van der Waals surface area contributed by atoms with E-state index < -0.39 is 0 Å². The molecule has 4 fully saturated rings. The highest BCUT2D eigenvalue weighted by Crippen LogP contribution is 2.60. The van der Waals surface area contributed by atoms with Gasteiger partial charge in [0.2, 0.25) is 0 Å². The Labute approximate surface area is 167 Å². The van der Waals surface area contributed by atoms with Crippen LogP contribution in [-0.4, -0.2) is 19.2 Å². The van der Waals surface area contributed by atoms with E-state index in [4.69, 9.17) is 5.10 Å². The van der Waals surface area contributed by atoms with Gasteiger partial charge in [-0.1, -0.05) is 0 Å². The lowest BCUT2D eigenvalue weighted by Gasteiger charge is -2.56. The van der Waals surface area contributed by atoms with Crippen molar-refractivity contribution in [2.75, 3.05) is 0 Å². The molecule has 4 bridgehead atoms. The predicted octanol–water partition coefficient (Wildman–Crippen LogP) is 5.02. The van der Waals surface area contributed by atoms with Crippen molar-refractivity contribution in [3.63, 3.8) is 0 Å². The van der Waals surface area contributed by atoms with Crippen LogP contribution in [-0.2, 0) is 6.54 Å². The van der Waals surface area contributed by atoms with Crippen LogP contribution in [0.5, 0.6) is 0 Å². The topological polar surface area (TPSA) is 35.1 Å². The lowest BCUT2D eigenvalue weighted by Crippen LogP contribution is -2.47. The first-order valence-corrected chi connectivity index (χ1v) is 10.9. The van der Waals surface area contributed by atoms with Crippen molar-refractivity contribution in [2.45, 2.75) is 45.1 Å². The summed E-state index contributed by atoms with van der Waals surface area (Å²) in [5.74, 6) is 3.00. The zero-order chi connectivity index (χ0) is 17.3. The average Bonchev–Trinajstić information content (AvgIpc) is 3.20. The van der Waals surface area contributed by atoms with E-state index >= 15 is 0 Å². The fourth-order valence-corrected chi connectivity index (χ4v) is 7.10. The van der Waals surface area contributed by atoms with Crippen molar-refractivity contribution in [3.05, 3.63) is 40.6 Å². The van der Waals surface area contributed by atoms with Crippen LogP contribution in [0.15, 0.2) is 36.9 Å². The number of rotatable bonds is 3. The molecular formula is C21H23IN4. The molecule has 0 N–H and O–H groups in total. The van der Waals surface area contributed by atoms with E-state index in [1.165, 1.54) is 49.7 Å². The van der Waals surface area contributed by atoms with Crippen molar-refractivity contribution in [3.8, 4) is 11.1 Å². The van der Waals surface area contributed by atoms with Crippen LogP contribution < -0.4 is 0 Å². The van der Waals surface area contributed by atoms with Gasteiger partial charge >= 0.3 is 0 Å². The Morgan fingerprint density at radius 2 is 1.77 bits per heavy atom. The van der Waals surface area contributed by atoms with Gasteiger partial charge in [-0.3, -0.25) is 9.08 Å². The van der Waals surface area contributed by atoms with E-state index in [2.05, 4.69) is 61.2 Å². The summed E-state index contributed by atoms with van der Waals surface area (Å²) < 4.78 is 5.48. The molecule has 7 rings (SSSR count). The molecule has 4 aliphatic carbocycles. The molecule has 4 aliphatic rings. The minimum atomic E-state index is 0.529. The fraction of sp³-hybridized carbons (Fsp3) is 0.524. The molecule has 3 heterocycles. The molecule has 4 nitrogen and oxygen atoms in total. The monoisotopic (exact) mass is 458 g/mol. The number of halogens is 1. The fourth-order valence-electron chi connectivity index (χ4n) is 6.56. The minimum Gasteiger partial charge on any atom is -0.295 e. The number of fused-ring (bicyclic) bond motifs is 1. The van der Waals surface area contributed by atoms with Crippen molar-refractivity contribution in [1.29, 1.82) is 0 Å². The summed E-state index contributed by atoms with van der Waals surface area (Å²) in [6.07, 6.45) is 17.1. The number of pyridine rings is 1. The van der Waals surface area contributed by atoms with Crippen LogP contribution in [0.1, 0.15) is 38.5 Å². The molecule has 0 aliphatic heterocycles. The normalized spacial score (nSPS) is 32.6.